The molecule has 8 heteroatoms. The molecule has 5 aromatic rings. The first-order valence-electron chi connectivity index (χ1n) is 12.9. The van der Waals surface area contributed by atoms with Gasteiger partial charge in [-0.05, 0) is 78.2 Å². The molecule has 0 radical (unpaired) electrons. The Morgan fingerprint density at radius 1 is 0.850 bits per heavy atom. The number of amides is 2. The Kier molecular flexibility index (Phi) is 6.77. The summed E-state index contributed by atoms with van der Waals surface area (Å²) in [7, 11) is 1.96. The van der Waals surface area contributed by atoms with Crippen molar-refractivity contribution < 1.29 is 19.1 Å². The molecule has 40 heavy (non-hydrogen) atoms. The first-order chi connectivity index (χ1) is 19.4. The average molecular weight is 550 g/mol. The maximum absolute atomic E-state index is 12.1. The van der Waals surface area contributed by atoms with Crippen molar-refractivity contribution >= 4 is 33.9 Å². The SMILES string of the molecule is Cn1c(COc2ccc(C[C@@]3(C)SC(=O)NC3=O)cc2)nc2ccc(Oc3ccc(-c4ccccc4)cc3)cc21. The zero-order chi connectivity index (χ0) is 27.7. The second-order valence-corrected chi connectivity index (χ2v) is 11.4. The third kappa shape index (κ3) is 5.31. The van der Waals surface area contributed by atoms with Gasteiger partial charge in [0.05, 0.1) is 11.0 Å². The van der Waals surface area contributed by atoms with Crippen LogP contribution in [0.4, 0.5) is 4.79 Å². The molecule has 0 bridgehead atoms. The second-order valence-electron chi connectivity index (χ2n) is 9.91. The molecule has 1 atom stereocenters. The van der Waals surface area contributed by atoms with Gasteiger partial charge < -0.3 is 14.0 Å². The summed E-state index contributed by atoms with van der Waals surface area (Å²) in [5.74, 6) is 2.73. The van der Waals surface area contributed by atoms with Crippen LogP contribution in [0.5, 0.6) is 17.2 Å². The molecule has 200 valence electrons. The predicted molar refractivity (Wildman–Crippen MR) is 157 cm³/mol. The van der Waals surface area contributed by atoms with Crippen molar-refractivity contribution in [3.63, 3.8) is 0 Å². The quantitative estimate of drug-likeness (QED) is 0.227. The Bertz CT molecular complexity index is 1700. The molecule has 0 aliphatic carbocycles. The summed E-state index contributed by atoms with van der Waals surface area (Å²) in [5, 5.41) is 2.06. The highest BCUT2D eigenvalue weighted by molar-refractivity contribution is 8.16. The normalized spacial score (nSPS) is 16.8. The summed E-state index contributed by atoms with van der Waals surface area (Å²) in [6.07, 6.45) is 0.460. The van der Waals surface area contributed by atoms with Gasteiger partial charge in [0, 0.05) is 13.1 Å². The summed E-state index contributed by atoms with van der Waals surface area (Å²) >= 11 is 1.04. The number of thioether (sulfide) groups is 1. The molecule has 7 nitrogen and oxygen atoms in total. The minimum Gasteiger partial charge on any atom is -0.486 e. The fourth-order valence-corrected chi connectivity index (χ4v) is 5.69. The fourth-order valence-electron chi connectivity index (χ4n) is 4.75. The lowest BCUT2D eigenvalue weighted by Gasteiger charge is -2.18. The number of hydrogen-bond acceptors (Lipinski definition) is 6. The minimum absolute atomic E-state index is 0.251. The summed E-state index contributed by atoms with van der Waals surface area (Å²) in [6.45, 7) is 2.08. The molecule has 2 amide bonds. The van der Waals surface area contributed by atoms with Crippen LogP contribution in [0, 0.1) is 0 Å². The molecule has 1 aliphatic rings. The first kappa shape index (κ1) is 25.7. The highest BCUT2D eigenvalue weighted by Gasteiger charge is 2.43. The number of rotatable bonds is 8. The Hall–Kier alpha value is -4.56. The van der Waals surface area contributed by atoms with Gasteiger partial charge in [-0.3, -0.25) is 14.9 Å². The third-order valence-electron chi connectivity index (χ3n) is 6.99. The molecule has 1 aromatic heterocycles. The number of imide groups is 1. The van der Waals surface area contributed by atoms with Gasteiger partial charge in [0.1, 0.15) is 34.4 Å². The van der Waals surface area contributed by atoms with Crippen molar-refractivity contribution in [2.75, 3.05) is 0 Å². The van der Waals surface area contributed by atoms with E-state index in [4.69, 9.17) is 14.5 Å². The van der Waals surface area contributed by atoms with E-state index in [1.807, 2.05) is 84.4 Å². The fraction of sp³-hybridized carbons (Fsp3) is 0.156. The van der Waals surface area contributed by atoms with Crippen molar-refractivity contribution in [1.29, 1.82) is 0 Å². The third-order valence-corrected chi connectivity index (χ3v) is 8.06. The lowest BCUT2D eigenvalue weighted by atomic mass is 9.99. The zero-order valence-corrected chi connectivity index (χ0v) is 22.9. The van der Waals surface area contributed by atoms with Gasteiger partial charge in [-0.25, -0.2) is 4.98 Å². The van der Waals surface area contributed by atoms with Gasteiger partial charge in [-0.2, -0.15) is 0 Å². The number of fused-ring (bicyclic) bond motifs is 1. The summed E-state index contributed by atoms with van der Waals surface area (Å²) < 4.78 is 13.4. The Labute approximate surface area is 236 Å². The second kappa shape index (κ2) is 10.5. The highest BCUT2D eigenvalue weighted by atomic mass is 32.2. The van der Waals surface area contributed by atoms with Crippen LogP contribution in [0.1, 0.15) is 18.3 Å². The van der Waals surface area contributed by atoms with E-state index in [2.05, 4.69) is 29.6 Å². The van der Waals surface area contributed by atoms with Crippen LogP contribution in [-0.4, -0.2) is 25.4 Å². The van der Waals surface area contributed by atoms with Crippen LogP contribution in [0.15, 0.2) is 97.1 Å². The molecule has 1 fully saturated rings. The maximum atomic E-state index is 12.1. The smallest absolute Gasteiger partial charge is 0.286 e. The van der Waals surface area contributed by atoms with Crippen LogP contribution in [0.2, 0.25) is 0 Å². The lowest BCUT2D eigenvalue weighted by molar-refractivity contribution is -0.121. The predicted octanol–water partition coefficient (Wildman–Crippen LogP) is 6.90. The topological polar surface area (TPSA) is 82.5 Å². The molecule has 0 unspecified atom stereocenters. The molecule has 2 heterocycles. The molecule has 6 rings (SSSR count). The van der Waals surface area contributed by atoms with Gasteiger partial charge in [-0.15, -0.1) is 0 Å². The van der Waals surface area contributed by atoms with Crippen molar-refractivity contribution in [3.8, 4) is 28.4 Å². The van der Waals surface area contributed by atoms with E-state index < -0.39 is 4.75 Å². The van der Waals surface area contributed by atoms with Gasteiger partial charge >= 0.3 is 0 Å². The first-order valence-corrected chi connectivity index (χ1v) is 13.7. The van der Waals surface area contributed by atoms with Crippen molar-refractivity contribution in [2.45, 2.75) is 24.7 Å². The summed E-state index contributed by atoms with van der Waals surface area (Å²) in [4.78, 5) is 28.4. The molecule has 1 aliphatic heterocycles. The monoisotopic (exact) mass is 549 g/mol. The van der Waals surface area contributed by atoms with E-state index in [0.29, 0.717) is 18.8 Å². The number of benzene rings is 4. The number of imidazole rings is 1. The molecule has 1 saturated heterocycles. The minimum atomic E-state index is -0.791. The van der Waals surface area contributed by atoms with Crippen LogP contribution in [0.25, 0.3) is 22.2 Å². The highest BCUT2D eigenvalue weighted by Crippen LogP contribution is 2.35. The molecule has 4 aromatic carbocycles. The standard InChI is InChI=1S/C32H27N3O4S/c1-32(30(36)34-31(37)40-32)19-21-8-12-24(13-9-21)38-20-29-33-27-17-16-26(18-28(27)35(29)2)39-25-14-10-23(11-15-25)22-6-4-3-5-7-22/h3-18H,19-20H2,1-2H3,(H,34,36,37)/t32-/m1/s1. The zero-order valence-electron chi connectivity index (χ0n) is 22.1. The van der Waals surface area contributed by atoms with Gasteiger partial charge in [0.2, 0.25) is 5.91 Å². The van der Waals surface area contributed by atoms with Crippen molar-refractivity contribution in [3.05, 3.63) is 108 Å². The number of ether oxygens (including phenoxy) is 2. The lowest BCUT2D eigenvalue weighted by Crippen LogP contribution is -2.35. The van der Waals surface area contributed by atoms with Gasteiger partial charge in [0.25, 0.3) is 5.24 Å². The summed E-state index contributed by atoms with van der Waals surface area (Å²) in [5.41, 5.74) is 5.07. The van der Waals surface area contributed by atoms with Gasteiger partial charge in [0.15, 0.2) is 0 Å². The Balaban J connectivity index is 1.10. The van der Waals surface area contributed by atoms with E-state index >= 15 is 0 Å². The van der Waals surface area contributed by atoms with Gasteiger partial charge in [-0.1, -0.05) is 54.6 Å². The average Bonchev–Trinajstić information content (AvgIpc) is 3.41. The number of carbonyl (C=O) groups excluding carboxylic acids is 2. The Morgan fingerprint density at radius 2 is 1.52 bits per heavy atom. The number of aryl methyl sites for hydroxylation is 1. The number of nitrogens with zero attached hydrogens (tertiary/aromatic N) is 2. The maximum Gasteiger partial charge on any atom is 0.286 e. The number of nitrogens with one attached hydrogen (secondary N) is 1. The van der Waals surface area contributed by atoms with E-state index in [-0.39, 0.29) is 11.1 Å². The largest absolute Gasteiger partial charge is 0.486 e. The number of carbonyl (C=O) groups is 2. The van der Waals surface area contributed by atoms with E-state index in [1.54, 1.807) is 6.92 Å². The van der Waals surface area contributed by atoms with Crippen LogP contribution < -0.4 is 14.8 Å². The molecular weight excluding hydrogens is 522 g/mol. The molecule has 0 saturated carbocycles. The van der Waals surface area contributed by atoms with Crippen LogP contribution in [0.3, 0.4) is 0 Å². The van der Waals surface area contributed by atoms with Crippen LogP contribution >= 0.6 is 11.8 Å². The molecular formula is C32H27N3O4S. The molecule has 1 N–H and O–H groups in total. The Morgan fingerprint density at radius 3 is 2.23 bits per heavy atom. The summed E-state index contributed by atoms with van der Waals surface area (Å²) in [6, 6.07) is 31.7. The number of aromatic nitrogens is 2. The van der Waals surface area contributed by atoms with E-state index in [9.17, 15) is 9.59 Å². The van der Waals surface area contributed by atoms with Crippen LogP contribution in [-0.2, 0) is 24.9 Å². The number of hydrogen-bond donors (Lipinski definition) is 1. The van der Waals surface area contributed by atoms with E-state index in [0.717, 1.165) is 51.2 Å². The van der Waals surface area contributed by atoms with E-state index in [1.165, 1.54) is 5.56 Å². The van der Waals surface area contributed by atoms with Crippen molar-refractivity contribution in [2.24, 2.45) is 7.05 Å². The molecule has 0 spiro atoms. The van der Waals surface area contributed by atoms with Crippen molar-refractivity contribution in [1.82, 2.24) is 14.9 Å².